The average molecular weight is 436 g/mol. The number of carbonyl (C=O) groups is 2. The highest BCUT2D eigenvalue weighted by Gasteiger charge is 2.32. The zero-order valence-electron chi connectivity index (χ0n) is 19.7. The lowest BCUT2D eigenvalue weighted by Gasteiger charge is -2.38. The van der Waals surface area contributed by atoms with Crippen LogP contribution in [-0.2, 0) is 4.74 Å². The minimum atomic E-state index is -0.548. The summed E-state index contributed by atoms with van der Waals surface area (Å²) >= 11 is 0. The molecule has 0 radical (unpaired) electrons. The molecule has 1 aromatic heterocycles. The van der Waals surface area contributed by atoms with Crippen LogP contribution in [0.3, 0.4) is 0 Å². The Morgan fingerprint density at radius 1 is 1.13 bits per heavy atom. The maximum Gasteiger partial charge on any atom is 0.408 e. The van der Waals surface area contributed by atoms with Gasteiger partial charge in [-0.3, -0.25) is 9.79 Å². The Balaban J connectivity index is 1.92. The molecule has 1 aliphatic heterocycles. The first-order valence-corrected chi connectivity index (χ1v) is 10.9. The van der Waals surface area contributed by atoms with Crippen LogP contribution in [0.15, 0.2) is 27.8 Å². The first-order valence-electron chi connectivity index (χ1n) is 10.9. The summed E-state index contributed by atoms with van der Waals surface area (Å²) in [5.74, 6) is 1.02. The van der Waals surface area contributed by atoms with Gasteiger partial charge in [0.05, 0.1) is 11.8 Å². The molecular formula is C22H37N5O4. The molecular weight excluding hydrogens is 398 g/mol. The van der Waals surface area contributed by atoms with Gasteiger partial charge in [-0.1, -0.05) is 13.8 Å². The summed E-state index contributed by atoms with van der Waals surface area (Å²) in [4.78, 5) is 33.1. The number of aliphatic imine (C=N–C) groups is 1. The molecule has 0 aliphatic carbocycles. The number of guanidine groups is 1. The Morgan fingerprint density at radius 2 is 1.74 bits per heavy atom. The van der Waals surface area contributed by atoms with Crippen LogP contribution in [-0.4, -0.2) is 78.7 Å². The fourth-order valence-corrected chi connectivity index (χ4v) is 3.50. The van der Waals surface area contributed by atoms with Gasteiger partial charge < -0.3 is 29.6 Å². The zero-order chi connectivity index (χ0) is 23.1. The summed E-state index contributed by atoms with van der Waals surface area (Å²) in [6.07, 6.45) is 2.59. The molecule has 1 aromatic rings. The van der Waals surface area contributed by atoms with Crippen molar-refractivity contribution in [2.75, 3.05) is 39.8 Å². The average Bonchev–Trinajstić information content (AvgIpc) is 3.27. The Hall–Kier alpha value is -2.71. The summed E-state index contributed by atoms with van der Waals surface area (Å²) in [7, 11) is 1.74. The molecule has 2 rings (SSSR count). The lowest BCUT2D eigenvalue weighted by molar-refractivity contribution is 0.0448. The van der Waals surface area contributed by atoms with Crippen LogP contribution in [0, 0.1) is 0 Å². The fraction of sp³-hybridized carbons (Fsp3) is 0.682. The predicted octanol–water partition coefficient (Wildman–Crippen LogP) is 2.70. The molecule has 0 saturated carbocycles. The van der Waals surface area contributed by atoms with Gasteiger partial charge in [0.15, 0.2) is 11.7 Å². The van der Waals surface area contributed by atoms with Crippen molar-refractivity contribution < 1.29 is 18.7 Å². The van der Waals surface area contributed by atoms with Gasteiger partial charge in [-0.2, -0.15) is 0 Å². The second-order valence-corrected chi connectivity index (χ2v) is 8.77. The molecule has 0 aromatic carbocycles. The topological polar surface area (TPSA) is 99.4 Å². The van der Waals surface area contributed by atoms with Gasteiger partial charge >= 0.3 is 6.09 Å². The third kappa shape index (κ3) is 6.90. The smallest absolute Gasteiger partial charge is 0.408 e. The number of nitrogens with zero attached hydrogens (tertiary/aromatic N) is 3. The number of hydrogen-bond acceptors (Lipinski definition) is 5. The number of amides is 2. The molecule has 0 unspecified atom stereocenters. The number of hydrogen-bond donors (Lipinski definition) is 2. The summed E-state index contributed by atoms with van der Waals surface area (Å²) < 4.78 is 10.7. The van der Waals surface area contributed by atoms with Crippen molar-refractivity contribution in [3.05, 3.63) is 24.2 Å². The van der Waals surface area contributed by atoms with Gasteiger partial charge in [0.2, 0.25) is 0 Å². The van der Waals surface area contributed by atoms with E-state index in [1.807, 2.05) is 34.6 Å². The zero-order valence-corrected chi connectivity index (χ0v) is 19.7. The normalized spacial score (nSPS) is 15.6. The molecule has 9 heteroatoms. The largest absolute Gasteiger partial charge is 0.459 e. The van der Waals surface area contributed by atoms with Gasteiger partial charge in [0, 0.05) is 39.8 Å². The maximum absolute atomic E-state index is 12.5. The number of nitrogens with one attached hydrogen (secondary N) is 2. The monoisotopic (exact) mass is 435 g/mol. The molecule has 0 spiro atoms. The lowest BCUT2D eigenvalue weighted by atomic mass is 9.93. The Labute approximate surface area is 185 Å². The number of alkyl carbamates (subject to hydrolysis) is 1. The highest BCUT2D eigenvalue weighted by molar-refractivity contribution is 5.91. The Kier molecular flexibility index (Phi) is 8.36. The van der Waals surface area contributed by atoms with Gasteiger partial charge in [-0.25, -0.2) is 4.79 Å². The number of piperazine rings is 1. The number of rotatable bonds is 6. The molecule has 0 atom stereocenters. The van der Waals surface area contributed by atoms with Crippen LogP contribution in [0.25, 0.3) is 0 Å². The van der Waals surface area contributed by atoms with Crippen molar-refractivity contribution in [3.63, 3.8) is 0 Å². The second-order valence-electron chi connectivity index (χ2n) is 8.77. The molecule has 1 saturated heterocycles. The van der Waals surface area contributed by atoms with Crippen LogP contribution in [0.4, 0.5) is 4.79 Å². The summed E-state index contributed by atoms with van der Waals surface area (Å²) in [6, 6.07) is 3.40. The standard InChI is InChI=1S/C22H37N5O4/c1-7-22(8-2,25-20(29)31-21(3,4)5)16-24-19(23-6)27-13-11-26(12-14-27)18(28)17-10-9-15-30-17/h9-10,15H,7-8,11-14,16H2,1-6H3,(H,23,24)(H,25,29). The molecule has 174 valence electrons. The third-order valence-corrected chi connectivity index (χ3v) is 5.51. The lowest BCUT2D eigenvalue weighted by Crippen LogP contribution is -2.59. The highest BCUT2D eigenvalue weighted by atomic mass is 16.6. The van der Waals surface area contributed by atoms with Crippen molar-refractivity contribution in [1.29, 1.82) is 0 Å². The SMILES string of the molecule is CCC(CC)(CNC(=NC)N1CCN(C(=O)c2ccco2)CC1)NC(=O)OC(C)(C)C. The van der Waals surface area contributed by atoms with Gasteiger partial charge in [-0.05, 0) is 45.7 Å². The number of carbonyl (C=O) groups excluding carboxylic acids is 2. The molecule has 2 heterocycles. The fourth-order valence-electron chi connectivity index (χ4n) is 3.50. The number of ether oxygens (including phenoxy) is 1. The van der Waals surface area contributed by atoms with Crippen LogP contribution in [0.2, 0.25) is 0 Å². The van der Waals surface area contributed by atoms with Crippen LogP contribution in [0.5, 0.6) is 0 Å². The van der Waals surface area contributed by atoms with Crippen molar-refractivity contribution in [3.8, 4) is 0 Å². The summed E-state index contributed by atoms with van der Waals surface area (Å²) in [5, 5.41) is 6.45. The van der Waals surface area contributed by atoms with E-state index >= 15 is 0 Å². The first-order chi connectivity index (χ1) is 14.6. The van der Waals surface area contributed by atoms with E-state index in [4.69, 9.17) is 9.15 Å². The number of furan rings is 1. The van der Waals surface area contributed by atoms with Crippen LogP contribution < -0.4 is 10.6 Å². The van der Waals surface area contributed by atoms with Crippen molar-refractivity contribution >= 4 is 18.0 Å². The van der Waals surface area contributed by atoms with E-state index in [1.54, 1.807) is 24.1 Å². The molecule has 2 amide bonds. The maximum atomic E-state index is 12.5. The quantitative estimate of drug-likeness (QED) is 0.526. The summed E-state index contributed by atoms with van der Waals surface area (Å²) in [5.41, 5.74) is -0.997. The van der Waals surface area contributed by atoms with E-state index in [0.717, 1.165) is 18.8 Å². The van der Waals surface area contributed by atoms with Gasteiger partial charge in [0.25, 0.3) is 5.91 Å². The van der Waals surface area contributed by atoms with Crippen LogP contribution >= 0.6 is 0 Å². The Bertz CT molecular complexity index is 742. The minimum Gasteiger partial charge on any atom is -0.459 e. The van der Waals surface area contributed by atoms with Crippen molar-refractivity contribution in [1.82, 2.24) is 20.4 Å². The summed E-state index contributed by atoms with van der Waals surface area (Å²) in [6.45, 7) is 12.7. The van der Waals surface area contributed by atoms with E-state index < -0.39 is 17.2 Å². The molecule has 1 fully saturated rings. The van der Waals surface area contributed by atoms with E-state index in [-0.39, 0.29) is 5.91 Å². The van der Waals surface area contributed by atoms with E-state index in [0.29, 0.717) is 38.5 Å². The highest BCUT2D eigenvalue weighted by Crippen LogP contribution is 2.17. The van der Waals surface area contributed by atoms with E-state index in [1.165, 1.54) is 6.26 Å². The van der Waals surface area contributed by atoms with E-state index in [9.17, 15) is 9.59 Å². The minimum absolute atomic E-state index is 0.0925. The van der Waals surface area contributed by atoms with Crippen molar-refractivity contribution in [2.24, 2.45) is 4.99 Å². The first kappa shape index (κ1) is 24.6. The molecule has 9 nitrogen and oxygen atoms in total. The molecule has 0 bridgehead atoms. The van der Waals surface area contributed by atoms with Gasteiger partial charge in [-0.15, -0.1) is 0 Å². The van der Waals surface area contributed by atoms with Gasteiger partial charge in [0.1, 0.15) is 5.60 Å². The van der Waals surface area contributed by atoms with Crippen LogP contribution in [0.1, 0.15) is 58.0 Å². The molecule has 31 heavy (non-hydrogen) atoms. The van der Waals surface area contributed by atoms with Crippen molar-refractivity contribution in [2.45, 2.75) is 58.6 Å². The molecule has 2 N–H and O–H groups in total. The third-order valence-electron chi connectivity index (χ3n) is 5.51. The second kappa shape index (κ2) is 10.5. The molecule has 1 aliphatic rings. The predicted molar refractivity (Wildman–Crippen MR) is 120 cm³/mol. The Morgan fingerprint density at radius 3 is 2.23 bits per heavy atom. The van der Waals surface area contributed by atoms with E-state index in [2.05, 4.69) is 20.5 Å².